The molecule has 2 heterocycles. The maximum atomic E-state index is 12.8. The fourth-order valence-electron chi connectivity index (χ4n) is 1.71. The number of hydrogen-bond donors (Lipinski definition) is 1. The molecule has 0 bridgehead atoms. The molecule has 23 heavy (non-hydrogen) atoms. The molecule has 0 aliphatic heterocycles. The van der Waals surface area contributed by atoms with Gasteiger partial charge in [-0.15, -0.1) is 0 Å². The van der Waals surface area contributed by atoms with Gasteiger partial charge in [0.2, 0.25) is 0 Å². The Kier molecular flexibility index (Phi) is 4.63. The first-order chi connectivity index (χ1) is 10.6. The molecule has 0 amide bonds. The van der Waals surface area contributed by atoms with Crippen molar-refractivity contribution in [3.8, 4) is 0 Å². The van der Waals surface area contributed by atoms with Crippen molar-refractivity contribution >= 4 is 11.6 Å². The van der Waals surface area contributed by atoms with Gasteiger partial charge in [0.1, 0.15) is 18.8 Å². The van der Waals surface area contributed by atoms with Crippen molar-refractivity contribution in [3.63, 3.8) is 0 Å². The number of anilines is 1. The van der Waals surface area contributed by atoms with E-state index in [2.05, 4.69) is 25.1 Å². The van der Waals surface area contributed by atoms with Crippen LogP contribution < -0.4 is 5.32 Å². The highest BCUT2D eigenvalue weighted by atomic mass is 19.4. The van der Waals surface area contributed by atoms with E-state index in [-0.39, 0.29) is 18.2 Å². The van der Waals surface area contributed by atoms with Crippen molar-refractivity contribution in [2.24, 2.45) is 0 Å². The van der Waals surface area contributed by atoms with E-state index in [1.54, 1.807) is 0 Å². The highest BCUT2D eigenvalue weighted by Gasteiger charge is 2.34. The predicted octanol–water partition coefficient (Wildman–Crippen LogP) is 2.52. The summed E-state index contributed by atoms with van der Waals surface area (Å²) < 4.78 is 79.7. The first kappa shape index (κ1) is 17.2. The molecule has 1 atom stereocenters. The summed E-state index contributed by atoms with van der Waals surface area (Å²) >= 11 is 0. The number of alkyl halides is 6. The van der Waals surface area contributed by atoms with Crippen LogP contribution in [0.5, 0.6) is 0 Å². The first-order valence-electron chi connectivity index (χ1n) is 6.25. The molecule has 1 N–H and O–H groups in total. The van der Waals surface area contributed by atoms with E-state index in [9.17, 15) is 26.3 Å². The third kappa shape index (κ3) is 4.68. The lowest BCUT2D eigenvalue weighted by molar-refractivity contribution is -0.174. The molecule has 0 radical (unpaired) electrons. The number of halogens is 6. The van der Waals surface area contributed by atoms with E-state index < -0.39 is 30.7 Å². The number of hydrogen-bond acceptors (Lipinski definition) is 5. The third-order valence-corrected chi connectivity index (χ3v) is 2.57. The zero-order valence-electron chi connectivity index (χ0n) is 11.6. The maximum Gasteiger partial charge on any atom is 0.433 e. The van der Waals surface area contributed by atoms with Crippen LogP contribution in [0, 0.1) is 0 Å². The fourth-order valence-corrected chi connectivity index (χ4v) is 1.71. The van der Waals surface area contributed by atoms with Crippen LogP contribution in [-0.2, 0) is 10.9 Å². The second kappa shape index (κ2) is 6.18. The molecule has 0 aliphatic rings. The lowest BCUT2D eigenvalue weighted by Crippen LogP contribution is -2.27. The number of nitrogens with one attached hydrogen (secondary N) is 1. The van der Waals surface area contributed by atoms with Gasteiger partial charge in [-0.2, -0.15) is 40.9 Å². The Morgan fingerprint density at radius 1 is 1.26 bits per heavy atom. The van der Waals surface area contributed by atoms with Gasteiger partial charge in [0.25, 0.3) is 5.78 Å². The summed E-state index contributed by atoms with van der Waals surface area (Å²) in [5, 5.41) is 6.30. The van der Waals surface area contributed by atoms with Crippen LogP contribution in [0.25, 0.3) is 5.78 Å². The molecule has 2 rings (SSSR count). The van der Waals surface area contributed by atoms with Crippen molar-refractivity contribution < 1.29 is 31.1 Å². The number of ether oxygens (including phenoxy) is 1. The van der Waals surface area contributed by atoms with Crippen LogP contribution >= 0.6 is 0 Å². The van der Waals surface area contributed by atoms with Gasteiger partial charge in [0, 0.05) is 12.1 Å². The zero-order valence-corrected chi connectivity index (χ0v) is 11.6. The minimum atomic E-state index is -4.69. The Hall–Kier alpha value is -2.11. The van der Waals surface area contributed by atoms with Gasteiger partial charge in [-0.3, -0.25) is 0 Å². The van der Waals surface area contributed by atoms with Crippen LogP contribution in [-0.4, -0.2) is 45.0 Å². The third-order valence-electron chi connectivity index (χ3n) is 2.57. The molecule has 2 aromatic rings. The topological polar surface area (TPSA) is 64.3 Å². The Bertz CT molecular complexity index is 667. The number of nitrogens with zero attached hydrogens (tertiary/aromatic N) is 4. The maximum absolute atomic E-state index is 12.8. The van der Waals surface area contributed by atoms with Crippen LogP contribution in [0.3, 0.4) is 0 Å². The molecule has 6 nitrogen and oxygen atoms in total. The van der Waals surface area contributed by atoms with Crippen molar-refractivity contribution in [2.45, 2.75) is 25.3 Å². The summed E-state index contributed by atoms with van der Waals surface area (Å²) in [7, 11) is 0. The van der Waals surface area contributed by atoms with Crippen LogP contribution in [0.15, 0.2) is 12.4 Å². The fraction of sp³-hybridized carbons (Fsp3) is 0.545. The van der Waals surface area contributed by atoms with E-state index in [1.807, 2.05) is 0 Å². The van der Waals surface area contributed by atoms with Gasteiger partial charge in [-0.25, -0.2) is 4.98 Å². The van der Waals surface area contributed by atoms with Gasteiger partial charge < -0.3 is 10.1 Å². The average Bonchev–Trinajstić information content (AvgIpc) is 2.84. The molecule has 12 heteroatoms. The van der Waals surface area contributed by atoms with Crippen LogP contribution in [0.1, 0.15) is 12.6 Å². The molecule has 0 aliphatic carbocycles. The SMILES string of the molecule is C[C@H](COCC(F)(F)F)Nc1cc(C(F)(F)F)nc2ncnn12. The summed E-state index contributed by atoms with van der Waals surface area (Å²) in [4.78, 5) is 6.89. The van der Waals surface area contributed by atoms with Crippen molar-refractivity contribution in [1.82, 2.24) is 19.6 Å². The number of rotatable bonds is 5. The minimum Gasteiger partial charge on any atom is -0.370 e. The monoisotopic (exact) mass is 343 g/mol. The second-order valence-corrected chi connectivity index (χ2v) is 4.67. The van der Waals surface area contributed by atoms with Gasteiger partial charge in [0.05, 0.1) is 6.61 Å². The Balaban J connectivity index is 2.14. The number of fused-ring (bicyclic) bond motifs is 1. The molecular formula is C11H11F6N5O. The van der Waals surface area contributed by atoms with Crippen LogP contribution in [0.2, 0.25) is 0 Å². The van der Waals surface area contributed by atoms with Gasteiger partial charge in [-0.1, -0.05) is 0 Å². The molecule has 128 valence electrons. The number of aromatic nitrogens is 4. The molecule has 0 saturated heterocycles. The molecule has 0 aromatic carbocycles. The van der Waals surface area contributed by atoms with E-state index in [0.717, 1.165) is 10.8 Å². The summed E-state index contributed by atoms with van der Waals surface area (Å²) in [6.45, 7) is -0.353. The van der Waals surface area contributed by atoms with Crippen molar-refractivity contribution in [1.29, 1.82) is 0 Å². The summed E-state index contributed by atoms with van der Waals surface area (Å²) in [6.07, 6.45) is -8.16. The smallest absolute Gasteiger partial charge is 0.370 e. The van der Waals surface area contributed by atoms with Gasteiger partial charge >= 0.3 is 12.4 Å². The second-order valence-electron chi connectivity index (χ2n) is 4.67. The first-order valence-corrected chi connectivity index (χ1v) is 6.25. The van der Waals surface area contributed by atoms with Gasteiger partial charge in [-0.05, 0) is 6.92 Å². The summed E-state index contributed by atoms with van der Waals surface area (Å²) in [5.74, 6) is -0.395. The Morgan fingerprint density at radius 2 is 1.96 bits per heavy atom. The Labute approximate surface area is 125 Å². The molecule has 0 unspecified atom stereocenters. The lowest BCUT2D eigenvalue weighted by atomic mass is 10.3. The average molecular weight is 343 g/mol. The van der Waals surface area contributed by atoms with Crippen molar-refractivity contribution in [3.05, 3.63) is 18.1 Å². The summed E-state index contributed by atoms with van der Waals surface area (Å²) in [6, 6.07) is -0.00434. The molecule has 0 spiro atoms. The normalized spacial score (nSPS) is 14.2. The van der Waals surface area contributed by atoms with Crippen LogP contribution in [0.4, 0.5) is 32.2 Å². The lowest BCUT2D eigenvalue weighted by Gasteiger charge is -2.17. The standard InChI is InChI=1S/C11H11F6N5O/c1-6(3-23-4-10(12,13)14)20-8-2-7(11(15,16)17)21-9-18-5-19-22(8)9/h2,5-6,20H,3-4H2,1H3/t6-/m1/s1. The predicted molar refractivity (Wildman–Crippen MR) is 65.7 cm³/mol. The van der Waals surface area contributed by atoms with Crippen molar-refractivity contribution in [2.75, 3.05) is 18.5 Å². The highest BCUT2D eigenvalue weighted by molar-refractivity contribution is 5.46. The zero-order chi connectivity index (χ0) is 17.3. The summed E-state index contributed by atoms with van der Waals surface area (Å²) in [5.41, 5.74) is -1.19. The van der Waals surface area contributed by atoms with E-state index in [0.29, 0.717) is 6.07 Å². The molecular weight excluding hydrogens is 332 g/mol. The van der Waals surface area contributed by atoms with E-state index >= 15 is 0 Å². The van der Waals surface area contributed by atoms with E-state index in [1.165, 1.54) is 6.92 Å². The Morgan fingerprint density at radius 3 is 2.57 bits per heavy atom. The highest BCUT2D eigenvalue weighted by Crippen LogP contribution is 2.29. The van der Waals surface area contributed by atoms with E-state index in [4.69, 9.17) is 0 Å². The minimum absolute atomic E-state index is 0.108. The molecule has 2 aromatic heterocycles. The molecule has 0 saturated carbocycles. The largest absolute Gasteiger partial charge is 0.433 e. The molecule has 0 fully saturated rings. The van der Waals surface area contributed by atoms with Gasteiger partial charge in [0.15, 0.2) is 5.69 Å². The quantitative estimate of drug-likeness (QED) is 0.846.